The Morgan fingerprint density at radius 2 is 1.59 bits per heavy atom. The minimum absolute atomic E-state index is 0.0190. The van der Waals surface area contributed by atoms with Gasteiger partial charge in [0, 0.05) is 32.6 Å². The molecule has 0 radical (unpaired) electrons. The Bertz CT molecular complexity index is 595. The number of hydrogen-bond donors (Lipinski definition) is 1. The number of carbonyl (C=O) groups is 3. The zero-order valence-corrected chi connectivity index (χ0v) is 19.3. The summed E-state index contributed by atoms with van der Waals surface area (Å²) in [6, 6.07) is 0.0373. The minimum atomic E-state index is -0.197. The predicted molar refractivity (Wildman–Crippen MR) is 115 cm³/mol. The molecule has 2 aliphatic heterocycles. The SMILES string of the molecule is CC(C)(C)C1CCN(C(=O)NCCCCCN2C(=O)CC(C(C)(C)C)C2=O)CC1. The zero-order valence-electron chi connectivity index (χ0n) is 19.3. The van der Waals surface area contributed by atoms with E-state index in [9.17, 15) is 14.4 Å². The van der Waals surface area contributed by atoms with Crippen LogP contribution in [0.4, 0.5) is 4.79 Å². The van der Waals surface area contributed by atoms with Crippen LogP contribution >= 0.6 is 0 Å². The first kappa shape index (κ1) is 23.7. The third-order valence-corrected chi connectivity index (χ3v) is 6.63. The number of urea groups is 1. The number of likely N-dealkylation sites (tertiary alicyclic amines) is 2. The zero-order chi connectivity index (χ0) is 21.8. The van der Waals surface area contributed by atoms with Gasteiger partial charge in [-0.05, 0) is 48.9 Å². The molecule has 4 amide bonds. The number of carbonyl (C=O) groups excluding carboxylic acids is 3. The maximum Gasteiger partial charge on any atom is 0.317 e. The monoisotopic (exact) mass is 407 g/mol. The Kier molecular flexibility index (Phi) is 7.74. The molecule has 1 unspecified atom stereocenters. The molecule has 1 N–H and O–H groups in total. The van der Waals surface area contributed by atoms with E-state index in [1.807, 2.05) is 25.7 Å². The van der Waals surface area contributed by atoms with Crippen molar-refractivity contribution < 1.29 is 14.4 Å². The highest BCUT2D eigenvalue weighted by Crippen LogP contribution is 2.35. The van der Waals surface area contributed by atoms with Gasteiger partial charge in [0.15, 0.2) is 0 Å². The second kappa shape index (κ2) is 9.48. The highest BCUT2D eigenvalue weighted by molar-refractivity contribution is 6.03. The fraction of sp³-hybridized carbons (Fsp3) is 0.870. The molecule has 0 saturated carbocycles. The van der Waals surface area contributed by atoms with E-state index >= 15 is 0 Å². The van der Waals surface area contributed by atoms with Crippen LogP contribution < -0.4 is 5.32 Å². The van der Waals surface area contributed by atoms with Crippen molar-refractivity contribution in [2.45, 2.75) is 80.1 Å². The Balaban J connectivity index is 1.60. The van der Waals surface area contributed by atoms with E-state index in [1.54, 1.807) is 0 Å². The lowest BCUT2D eigenvalue weighted by molar-refractivity contribution is -0.140. The van der Waals surface area contributed by atoms with Crippen molar-refractivity contribution in [2.75, 3.05) is 26.2 Å². The van der Waals surface area contributed by atoms with Crippen LogP contribution in [0, 0.1) is 22.7 Å². The lowest BCUT2D eigenvalue weighted by atomic mass is 9.75. The van der Waals surface area contributed by atoms with Crippen LogP contribution in [0.1, 0.15) is 80.1 Å². The van der Waals surface area contributed by atoms with Crippen LogP contribution in [0.25, 0.3) is 0 Å². The molecule has 2 aliphatic rings. The van der Waals surface area contributed by atoms with Crippen molar-refractivity contribution in [1.82, 2.24) is 15.1 Å². The van der Waals surface area contributed by atoms with Crippen LogP contribution in [-0.2, 0) is 9.59 Å². The van der Waals surface area contributed by atoms with Crippen molar-refractivity contribution >= 4 is 17.8 Å². The first-order valence-corrected chi connectivity index (χ1v) is 11.3. The summed E-state index contributed by atoms with van der Waals surface area (Å²) in [5.74, 6) is 0.425. The third-order valence-electron chi connectivity index (χ3n) is 6.63. The van der Waals surface area contributed by atoms with E-state index in [1.165, 1.54) is 4.90 Å². The van der Waals surface area contributed by atoms with E-state index in [4.69, 9.17) is 0 Å². The molecule has 0 aliphatic carbocycles. The molecular formula is C23H41N3O3. The Morgan fingerprint density at radius 1 is 0.966 bits per heavy atom. The number of nitrogens with one attached hydrogen (secondary N) is 1. The maximum atomic E-state index is 12.5. The van der Waals surface area contributed by atoms with Gasteiger partial charge in [0.1, 0.15) is 0 Å². The lowest BCUT2D eigenvalue weighted by Crippen LogP contribution is -2.46. The Morgan fingerprint density at radius 3 is 2.10 bits per heavy atom. The van der Waals surface area contributed by atoms with Crippen molar-refractivity contribution in [2.24, 2.45) is 22.7 Å². The van der Waals surface area contributed by atoms with Gasteiger partial charge in [0.05, 0.1) is 5.92 Å². The molecule has 1 atom stereocenters. The summed E-state index contributed by atoms with van der Waals surface area (Å²) in [7, 11) is 0. The molecule has 0 spiro atoms. The van der Waals surface area contributed by atoms with Gasteiger partial charge in [-0.15, -0.1) is 0 Å². The van der Waals surface area contributed by atoms with Crippen molar-refractivity contribution in [1.29, 1.82) is 0 Å². The average molecular weight is 408 g/mol. The summed E-state index contributed by atoms with van der Waals surface area (Å²) in [4.78, 5) is 40.3. The normalized spacial score (nSPS) is 21.8. The second-order valence-corrected chi connectivity index (χ2v) is 10.9. The molecule has 2 fully saturated rings. The molecule has 0 aromatic rings. The molecule has 6 nitrogen and oxygen atoms in total. The summed E-state index contributed by atoms with van der Waals surface area (Å²) in [6.07, 6.45) is 5.03. The summed E-state index contributed by atoms with van der Waals surface area (Å²) in [5, 5.41) is 3.02. The van der Waals surface area contributed by atoms with Gasteiger partial charge >= 0.3 is 6.03 Å². The third kappa shape index (κ3) is 6.45. The van der Waals surface area contributed by atoms with Crippen LogP contribution in [0.3, 0.4) is 0 Å². The summed E-state index contributed by atoms with van der Waals surface area (Å²) >= 11 is 0. The summed E-state index contributed by atoms with van der Waals surface area (Å²) in [5.41, 5.74) is 0.140. The fourth-order valence-electron chi connectivity index (χ4n) is 4.42. The van der Waals surface area contributed by atoms with Crippen molar-refractivity contribution in [3.8, 4) is 0 Å². The second-order valence-electron chi connectivity index (χ2n) is 10.9. The maximum absolute atomic E-state index is 12.5. The van der Waals surface area contributed by atoms with Gasteiger partial charge in [-0.25, -0.2) is 4.79 Å². The number of nitrogens with zero attached hydrogens (tertiary/aromatic N) is 2. The van der Waals surface area contributed by atoms with E-state index in [0.29, 0.717) is 30.8 Å². The lowest BCUT2D eigenvalue weighted by Gasteiger charge is -2.38. The van der Waals surface area contributed by atoms with Crippen molar-refractivity contribution in [3.05, 3.63) is 0 Å². The first-order valence-electron chi connectivity index (χ1n) is 11.3. The molecular weight excluding hydrogens is 366 g/mol. The van der Waals surface area contributed by atoms with Crippen LogP contribution in [0.5, 0.6) is 0 Å². The standard InChI is InChI=1S/C23H41N3O3/c1-22(2,3)17-10-14-25(15-11-17)21(29)24-12-8-7-9-13-26-19(27)16-18(20(26)28)23(4,5)6/h17-18H,7-16H2,1-6H3,(H,24,29). The topological polar surface area (TPSA) is 69.7 Å². The highest BCUT2D eigenvalue weighted by atomic mass is 16.2. The number of unbranched alkanes of at least 4 members (excludes halogenated alkanes) is 2. The summed E-state index contributed by atoms with van der Waals surface area (Å²) in [6.45, 7) is 15.7. The minimum Gasteiger partial charge on any atom is -0.338 e. The molecule has 29 heavy (non-hydrogen) atoms. The number of amides is 4. The van der Waals surface area contributed by atoms with Gasteiger partial charge in [-0.3, -0.25) is 14.5 Å². The van der Waals surface area contributed by atoms with E-state index < -0.39 is 0 Å². The van der Waals surface area contributed by atoms with Gasteiger partial charge in [0.2, 0.25) is 11.8 Å². The number of imide groups is 1. The Labute approximate surface area is 176 Å². The first-order chi connectivity index (χ1) is 13.4. The van der Waals surface area contributed by atoms with Gasteiger partial charge in [-0.1, -0.05) is 41.5 Å². The van der Waals surface area contributed by atoms with E-state index in [2.05, 4.69) is 26.1 Å². The average Bonchev–Trinajstić information content (AvgIpc) is 2.91. The number of hydrogen-bond acceptors (Lipinski definition) is 3. The molecule has 166 valence electrons. The van der Waals surface area contributed by atoms with Crippen molar-refractivity contribution in [3.63, 3.8) is 0 Å². The summed E-state index contributed by atoms with van der Waals surface area (Å²) < 4.78 is 0. The molecule has 0 aromatic heterocycles. The van der Waals surface area contributed by atoms with Crippen LogP contribution in [0.15, 0.2) is 0 Å². The molecule has 2 saturated heterocycles. The molecule has 6 heteroatoms. The van der Waals surface area contributed by atoms with E-state index in [0.717, 1.165) is 45.2 Å². The quantitative estimate of drug-likeness (QED) is 0.533. The van der Waals surface area contributed by atoms with Gasteiger partial charge in [-0.2, -0.15) is 0 Å². The van der Waals surface area contributed by atoms with Gasteiger partial charge < -0.3 is 10.2 Å². The number of rotatable bonds is 6. The molecule has 0 aromatic carbocycles. The number of piperidine rings is 1. The van der Waals surface area contributed by atoms with Crippen LogP contribution in [0.2, 0.25) is 0 Å². The largest absolute Gasteiger partial charge is 0.338 e. The molecule has 2 rings (SSSR count). The van der Waals surface area contributed by atoms with E-state index in [-0.39, 0.29) is 29.2 Å². The van der Waals surface area contributed by atoms with Gasteiger partial charge in [0.25, 0.3) is 0 Å². The fourth-order valence-corrected chi connectivity index (χ4v) is 4.42. The molecule has 0 bridgehead atoms. The smallest absolute Gasteiger partial charge is 0.317 e. The predicted octanol–water partition coefficient (Wildman–Crippen LogP) is 4.05. The Hall–Kier alpha value is -1.59. The molecule has 2 heterocycles. The van der Waals surface area contributed by atoms with Crippen LogP contribution in [-0.4, -0.2) is 53.8 Å². The highest BCUT2D eigenvalue weighted by Gasteiger charge is 2.44.